The summed E-state index contributed by atoms with van der Waals surface area (Å²) in [6.07, 6.45) is 1.73. The number of benzene rings is 4. The van der Waals surface area contributed by atoms with E-state index in [0.717, 1.165) is 21.2 Å². The van der Waals surface area contributed by atoms with Gasteiger partial charge in [0.05, 0.1) is 12.3 Å². The Labute approximate surface area is 227 Å². The molecule has 5 nitrogen and oxygen atoms in total. The SMILES string of the molecule is O=C(c1ccccc1)[C@@H]1[C@@H](c2ccc(Br)cc2)C2(C(=O)c3ccccc3C2=O)C2c3ccccc3C=NN21. The van der Waals surface area contributed by atoms with Crippen molar-refractivity contribution in [3.63, 3.8) is 0 Å². The fraction of sp³-hybridized carbons (Fsp3) is 0.125. The topological polar surface area (TPSA) is 66.8 Å². The molecule has 0 aromatic heterocycles. The molecular formula is C32H21BrN2O3. The van der Waals surface area contributed by atoms with Crippen molar-refractivity contribution in [2.24, 2.45) is 10.5 Å². The maximum Gasteiger partial charge on any atom is 0.187 e. The lowest BCUT2D eigenvalue weighted by Crippen LogP contribution is -2.43. The molecule has 4 aromatic carbocycles. The van der Waals surface area contributed by atoms with E-state index < -0.39 is 23.4 Å². The maximum absolute atomic E-state index is 14.6. The Balaban J connectivity index is 1.56. The van der Waals surface area contributed by atoms with E-state index in [1.807, 2.05) is 66.7 Å². The van der Waals surface area contributed by atoms with Gasteiger partial charge in [0.1, 0.15) is 11.5 Å². The van der Waals surface area contributed by atoms with Gasteiger partial charge in [0.25, 0.3) is 0 Å². The van der Waals surface area contributed by atoms with E-state index in [-0.39, 0.29) is 17.3 Å². The summed E-state index contributed by atoms with van der Waals surface area (Å²) in [5.41, 5.74) is 2.17. The molecule has 2 heterocycles. The Hall–Kier alpha value is -4.16. The number of Topliss-reactive ketones (excluding diaryl/α,β-unsaturated/α-hetero) is 3. The van der Waals surface area contributed by atoms with Crippen molar-refractivity contribution in [3.8, 4) is 0 Å². The molecule has 38 heavy (non-hydrogen) atoms. The predicted octanol–water partition coefficient (Wildman–Crippen LogP) is 6.25. The summed E-state index contributed by atoms with van der Waals surface area (Å²) in [4.78, 5) is 43.6. The molecule has 184 valence electrons. The van der Waals surface area contributed by atoms with Crippen LogP contribution in [0, 0.1) is 5.41 Å². The lowest BCUT2D eigenvalue weighted by Gasteiger charge is -2.36. The summed E-state index contributed by atoms with van der Waals surface area (Å²) < 4.78 is 0.868. The van der Waals surface area contributed by atoms with E-state index in [0.29, 0.717) is 16.7 Å². The molecule has 3 atom stereocenters. The van der Waals surface area contributed by atoms with Gasteiger partial charge in [-0.25, -0.2) is 0 Å². The van der Waals surface area contributed by atoms with Crippen LogP contribution in [0.3, 0.4) is 0 Å². The van der Waals surface area contributed by atoms with Crippen LogP contribution in [0.15, 0.2) is 113 Å². The van der Waals surface area contributed by atoms with Crippen molar-refractivity contribution < 1.29 is 14.4 Å². The summed E-state index contributed by atoms with van der Waals surface area (Å²) in [5.74, 6) is -1.44. The first kappa shape index (κ1) is 23.0. The van der Waals surface area contributed by atoms with Gasteiger partial charge in [-0.3, -0.25) is 19.4 Å². The number of rotatable bonds is 3. The molecule has 1 spiro atoms. The number of carbonyl (C=O) groups is 3. The van der Waals surface area contributed by atoms with Crippen LogP contribution in [0.2, 0.25) is 0 Å². The number of fused-ring (bicyclic) bond motifs is 5. The van der Waals surface area contributed by atoms with Crippen molar-refractivity contribution in [3.05, 3.63) is 141 Å². The molecule has 0 bridgehead atoms. The Morgan fingerprint density at radius 2 is 1.37 bits per heavy atom. The number of halogens is 1. The molecule has 1 fully saturated rings. The van der Waals surface area contributed by atoms with Crippen LogP contribution in [-0.4, -0.2) is 34.6 Å². The van der Waals surface area contributed by atoms with Crippen molar-refractivity contribution in [1.82, 2.24) is 5.01 Å². The van der Waals surface area contributed by atoms with E-state index in [1.165, 1.54) is 0 Å². The van der Waals surface area contributed by atoms with Crippen molar-refractivity contribution >= 4 is 39.5 Å². The first-order valence-electron chi connectivity index (χ1n) is 12.5. The zero-order chi connectivity index (χ0) is 26.0. The largest absolute Gasteiger partial charge is 0.293 e. The maximum atomic E-state index is 14.6. The molecule has 6 heteroatoms. The van der Waals surface area contributed by atoms with Crippen LogP contribution in [0.1, 0.15) is 59.7 Å². The van der Waals surface area contributed by atoms with Gasteiger partial charge in [0.15, 0.2) is 17.3 Å². The van der Waals surface area contributed by atoms with E-state index in [9.17, 15) is 14.4 Å². The van der Waals surface area contributed by atoms with E-state index in [1.54, 1.807) is 47.6 Å². The van der Waals surface area contributed by atoms with Crippen LogP contribution in [-0.2, 0) is 0 Å². The number of carbonyl (C=O) groups excluding carboxylic acids is 3. The molecule has 0 N–H and O–H groups in total. The van der Waals surface area contributed by atoms with E-state index in [2.05, 4.69) is 15.9 Å². The zero-order valence-corrected chi connectivity index (χ0v) is 21.7. The van der Waals surface area contributed by atoms with Gasteiger partial charge < -0.3 is 0 Å². The molecule has 1 saturated heterocycles. The normalized spacial score (nSPS) is 22.3. The third-order valence-corrected chi connectivity index (χ3v) is 8.66. The standard InChI is InChI=1S/C32H21BrN2O3/c33-22-16-14-19(15-17-22)26-27(28(36)20-8-2-1-3-9-20)35-29(23-11-5-4-10-21(23)18-34-35)32(26)30(37)24-12-6-7-13-25(24)31(32)38/h1-18,26-27,29H/t26-,27+,29?/m1/s1. The highest BCUT2D eigenvalue weighted by Gasteiger charge is 2.72. The van der Waals surface area contributed by atoms with Crippen molar-refractivity contribution in [2.75, 3.05) is 0 Å². The Morgan fingerprint density at radius 3 is 2.05 bits per heavy atom. The molecule has 1 aliphatic carbocycles. The molecule has 2 aliphatic heterocycles. The molecule has 7 rings (SSSR count). The summed E-state index contributed by atoms with van der Waals surface area (Å²) in [7, 11) is 0. The van der Waals surface area contributed by atoms with Crippen LogP contribution in [0.4, 0.5) is 0 Å². The van der Waals surface area contributed by atoms with Crippen LogP contribution >= 0.6 is 15.9 Å². The van der Waals surface area contributed by atoms with Gasteiger partial charge in [-0.05, 0) is 28.8 Å². The summed E-state index contributed by atoms with van der Waals surface area (Å²) in [5, 5.41) is 6.51. The van der Waals surface area contributed by atoms with Gasteiger partial charge in [-0.15, -0.1) is 0 Å². The van der Waals surface area contributed by atoms with Gasteiger partial charge in [0, 0.05) is 27.1 Å². The zero-order valence-electron chi connectivity index (χ0n) is 20.1. The van der Waals surface area contributed by atoms with Crippen LogP contribution in [0.5, 0.6) is 0 Å². The van der Waals surface area contributed by atoms with E-state index >= 15 is 0 Å². The highest BCUT2D eigenvalue weighted by molar-refractivity contribution is 9.10. The van der Waals surface area contributed by atoms with Gasteiger partial charge in [-0.2, -0.15) is 5.10 Å². The second-order valence-corrected chi connectivity index (χ2v) is 10.8. The summed E-state index contributed by atoms with van der Waals surface area (Å²) in [6, 6.07) is 29.7. The average molecular weight is 561 g/mol. The molecule has 0 radical (unpaired) electrons. The molecule has 1 unspecified atom stereocenters. The summed E-state index contributed by atoms with van der Waals surface area (Å²) >= 11 is 3.50. The Bertz CT molecular complexity index is 1630. The molecule has 3 aliphatic rings. The third kappa shape index (κ3) is 2.98. The van der Waals surface area contributed by atoms with Gasteiger partial charge in [0.2, 0.25) is 0 Å². The third-order valence-electron chi connectivity index (χ3n) is 8.13. The predicted molar refractivity (Wildman–Crippen MR) is 148 cm³/mol. The summed E-state index contributed by atoms with van der Waals surface area (Å²) in [6.45, 7) is 0. The molecule has 4 aromatic rings. The average Bonchev–Trinajstić information content (AvgIpc) is 3.40. The van der Waals surface area contributed by atoms with Crippen molar-refractivity contribution in [2.45, 2.75) is 18.0 Å². The minimum atomic E-state index is -1.56. The fourth-order valence-electron chi connectivity index (χ4n) is 6.59. The fourth-order valence-corrected chi connectivity index (χ4v) is 6.86. The second-order valence-electron chi connectivity index (χ2n) is 9.93. The number of hydrazone groups is 1. The molecular weight excluding hydrogens is 540 g/mol. The molecule has 0 amide bonds. The quantitative estimate of drug-likeness (QED) is 0.219. The Morgan fingerprint density at radius 1 is 0.763 bits per heavy atom. The lowest BCUT2D eigenvalue weighted by atomic mass is 9.63. The smallest absolute Gasteiger partial charge is 0.187 e. The highest BCUT2D eigenvalue weighted by atomic mass is 79.9. The number of hydrogen-bond donors (Lipinski definition) is 0. The van der Waals surface area contributed by atoms with Crippen molar-refractivity contribution in [1.29, 1.82) is 0 Å². The highest BCUT2D eigenvalue weighted by Crippen LogP contribution is 2.64. The lowest BCUT2D eigenvalue weighted by molar-refractivity contribution is 0.0586. The number of ketones is 3. The minimum absolute atomic E-state index is 0.173. The first-order chi connectivity index (χ1) is 18.5. The first-order valence-corrected chi connectivity index (χ1v) is 13.3. The monoisotopic (exact) mass is 560 g/mol. The minimum Gasteiger partial charge on any atom is -0.293 e. The number of nitrogens with zero attached hydrogens (tertiary/aromatic N) is 2. The second kappa shape index (κ2) is 8.43. The Kier molecular flexibility index (Phi) is 5.10. The van der Waals surface area contributed by atoms with Crippen LogP contribution < -0.4 is 0 Å². The number of hydrogen-bond acceptors (Lipinski definition) is 5. The van der Waals surface area contributed by atoms with Crippen LogP contribution in [0.25, 0.3) is 0 Å². The van der Waals surface area contributed by atoms with E-state index in [4.69, 9.17) is 5.10 Å². The molecule has 0 saturated carbocycles. The van der Waals surface area contributed by atoms with Gasteiger partial charge in [-0.1, -0.05) is 107 Å². The van der Waals surface area contributed by atoms with Gasteiger partial charge >= 0.3 is 0 Å².